The minimum atomic E-state index is -1.71. The van der Waals surface area contributed by atoms with Crippen LogP contribution in [-0.2, 0) is 4.43 Å². The number of aliphatic hydroxyl groups is 1. The number of aliphatic imine (C=N–C) groups is 1. The zero-order valence-electron chi connectivity index (χ0n) is 11.9. The summed E-state index contributed by atoms with van der Waals surface area (Å²) in [7, 11) is -1.71. The summed E-state index contributed by atoms with van der Waals surface area (Å²) in [6, 6.07) is 0. The van der Waals surface area contributed by atoms with Crippen LogP contribution in [0, 0.1) is 0 Å². The van der Waals surface area contributed by atoms with Crippen molar-refractivity contribution in [2.45, 2.75) is 51.9 Å². The van der Waals surface area contributed by atoms with E-state index in [1.165, 1.54) is 0 Å². The van der Waals surface area contributed by atoms with Crippen LogP contribution in [0.3, 0.4) is 0 Å². The molecule has 0 bridgehead atoms. The molecule has 0 aromatic heterocycles. The van der Waals surface area contributed by atoms with Gasteiger partial charge in [-0.15, -0.1) is 0 Å². The normalized spacial score (nSPS) is 22.2. The molecule has 0 aromatic rings. The van der Waals surface area contributed by atoms with Gasteiger partial charge in [0.25, 0.3) is 0 Å². The lowest BCUT2D eigenvalue weighted by Crippen LogP contribution is -2.42. The van der Waals surface area contributed by atoms with Gasteiger partial charge in [-0.05, 0) is 36.7 Å². The Kier molecular flexibility index (Phi) is 4.33. The van der Waals surface area contributed by atoms with Gasteiger partial charge in [0.15, 0.2) is 8.32 Å². The molecule has 1 atom stereocenters. The number of dihydropyridines is 1. The maximum Gasteiger partial charge on any atom is 0.192 e. The third-order valence-corrected chi connectivity index (χ3v) is 8.22. The molecule has 0 aromatic carbocycles. The van der Waals surface area contributed by atoms with E-state index in [1.54, 1.807) is 0 Å². The molecular weight excluding hydrogens is 230 g/mol. The summed E-state index contributed by atoms with van der Waals surface area (Å²) < 4.78 is 6.12. The fourth-order valence-electron chi connectivity index (χ4n) is 1.39. The summed E-state index contributed by atoms with van der Waals surface area (Å²) in [6.07, 6.45) is 1.43. The fraction of sp³-hybridized carbons (Fsp3) is 0.769. The van der Waals surface area contributed by atoms with Crippen LogP contribution >= 0.6 is 0 Å². The number of aliphatic hydroxyl groups excluding tert-OH is 1. The number of rotatable bonds is 3. The third-order valence-electron chi connectivity index (χ3n) is 3.74. The summed E-state index contributed by atoms with van der Waals surface area (Å²) in [4.78, 5) is 4.37. The van der Waals surface area contributed by atoms with Crippen molar-refractivity contribution < 1.29 is 9.53 Å². The second-order valence-corrected chi connectivity index (χ2v) is 11.1. The largest absolute Gasteiger partial charge is 0.411 e. The first-order valence-electron chi connectivity index (χ1n) is 6.17. The minimum Gasteiger partial charge on any atom is -0.411 e. The molecule has 0 aliphatic carbocycles. The predicted molar refractivity (Wildman–Crippen MR) is 75.2 cm³/mol. The van der Waals surface area contributed by atoms with Gasteiger partial charge in [-0.1, -0.05) is 20.8 Å². The molecule has 1 N–H and O–H groups in total. The van der Waals surface area contributed by atoms with Gasteiger partial charge >= 0.3 is 0 Å². The molecular formula is C13H25NO2Si. The van der Waals surface area contributed by atoms with Crippen LogP contribution in [0.5, 0.6) is 0 Å². The van der Waals surface area contributed by atoms with Gasteiger partial charge < -0.3 is 9.53 Å². The molecule has 1 aliphatic heterocycles. The van der Waals surface area contributed by atoms with Gasteiger partial charge in [-0.3, -0.25) is 4.99 Å². The first-order valence-corrected chi connectivity index (χ1v) is 9.08. The Balaban J connectivity index is 2.61. The number of hydrogen-bond donors (Lipinski definition) is 1. The molecule has 1 aliphatic rings. The van der Waals surface area contributed by atoms with Gasteiger partial charge in [-0.25, -0.2) is 0 Å². The molecule has 1 rings (SSSR count). The maximum absolute atomic E-state index is 9.44. The number of nitrogens with zero attached hydrogens (tertiary/aromatic N) is 1. The fourth-order valence-corrected chi connectivity index (χ4v) is 2.32. The van der Waals surface area contributed by atoms with Crippen LogP contribution in [0.4, 0.5) is 0 Å². The molecule has 0 saturated carbocycles. The lowest BCUT2D eigenvalue weighted by Gasteiger charge is -2.36. The molecule has 0 amide bonds. The summed E-state index contributed by atoms with van der Waals surface area (Å²) >= 11 is 0. The highest BCUT2D eigenvalue weighted by atomic mass is 28.4. The Labute approximate surface area is 106 Å². The molecule has 3 nitrogen and oxygen atoms in total. The predicted octanol–water partition coefficient (Wildman–Crippen LogP) is 2.77. The van der Waals surface area contributed by atoms with Crippen molar-refractivity contribution in [1.82, 2.24) is 0 Å². The highest BCUT2D eigenvalue weighted by Gasteiger charge is 2.37. The topological polar surface area (TPSA) is 41.8 Å². The van der Waals surface area contributed by atoms with Crippen LogP contribution < -0.4 is 0 Å². The van der Waals surface area contributed by atoms with Crippen molar-refractivity contribution in [2.24, 2.45) is 4.99 Å². The van der Waals surface area contributed by atoms with Crippen LogP contribution in [0.25, 0.3) is 0 Å². The van der Waals surface area contributed by atoms with Crippen molar-refractivity contribution in [3.8, 4) is 0 Å². The van der Waals surface area contributed by atoms with Gasteiger partial charge in [0.05, 0.1) is 25.0 Å². The number of hydrogen-bond acceptors (Lipinski definition) is 3. The second kappa shape index (κ2) is 5.04. The van der Waals surface area contributed by atoms with E-state index < -0.39 is 14.4 Å². The van der Waals surface area contributed by atoms with Crippen molar-refractivity contribution in [1.29, 1.82) is 0 Å². The first-order chi connectivity index (χ1) is 7.63. The summed E-state index contributed by atoms with van der Waals surface area (Å²) in [5.41, 5.74) is 2.03. The standard InChI is InChI=1S/C13H25NO2Si/c1-10-7-11(15)8-14-12(10)9-16-17(5,6)13(2,3)4/h7,11,15H,8-9H2,1-6H3. The monoisotopic (exact) mass is 255 g/mol. The maximum atomic E-state index is 9.44. The molecule has 1 heterocycles. The van der Waals surface area contributed by atoms with E-state index in [2.05, 4.69) is 38.9 Å². The molecule has 0 fully saturated rings. The average molecular weight is 255 g/mol. The molecule has 1 unspecified atom stereocenters. The third kappa shape index (κ3) is 3.76. The van der Waals surface area contributed by atoms with Crippen LogP contribution in [0.15, 0.2) is 16.6 Å². The first kappa shape index (κ1) is 14.6. The van der Waals surface area contributed by atoms with E-state index in [9.17, 15) is 5.11 Å². The second-order valence-electron chi connectivity index (χ2n) is 6.25. The van der Waals surface area contributed by atoms with Gasteiger partial charge in [-0.2, -0.15) is 0 Å². The van der Waals surface area contributed by atoms with E-state index in [4.69, 9.17) is 4.43 Å². The minimum absolute atomic E-state index is 0.222. The molecule has 0 spiro atoms. The van der Waals surface area contributed by atoms with E-state index in [-0.39, 0.29) is 5.04 Å². The van der Waals surface area contributed by atoms with E-state index in [0.29, 0.717) is 13.2 Å². The Morgan fingerprint density at radius 3 is 2.53 bits per heavy atom. The quantitative estimate of drug-likeness (QED) is 0.788. The van der Waals surface area contributed by atoms with Crippen molar-refractivity contribution in [3.05, 3.63) is 11.6 Å². The summed E-state index contributed by atoms with van der Waals surface area (Å²) in [6.45, 7) is 14.2. The zero-order valence-corrected chi connectivity index (χ0v) is 12.9. The van der Waals surface area contributed by atoms with Crippen LogP contribution in [0.1, 0.15) is 27.7 Å². The van der Waals surface area contributed by atoms with Crippen LogP contribution in [0.2, 0.25) is 18.1 Å². The van der Waals surface area contributed by atoms with Crippen LogP contribution in [-0.4, -0.2) is 38.4 Å². The summed E-state index contributed by atoms with van der Waals surface area (Å²) in [5.74, 6) is 0. The highest BCUT2D eigenvalue weighted by Crippen LogP contribution is 2.36. The SMILES string of the molecule is CC1=CC(O)CN=C1CO[Si](C)(C)C(C)(C)C. The lowest BCUT2D eigenvalue weighted by molar-refractivity contribution is 0.229. The smallest absolute Gasteiger partial charge is 0.192 e. The van der Waals surface area contributed by atoms with Crippen molar-refractivity contribution >= 4 is 14.0 Å². The van der Waals surface area contributed by atoms with Crippen molar-refractivity contribution in [2.75, 3.05) is 13.2 Å². The molecule has 4 heteroatoms. The van der Waals surface area contributed by atoms with E-state index in [0.717, 1.165) is 11.3 Å². The Hall–Kier alpha value is -0.453. The molecule has 17 heavy (non-hydrogen) atoms. The van der Waals surface area contributed by atoms with Gasteiger partial charge in [0, 0.05) is 0 Å². The zero-order chi connectivity index (χ0) is 13.3. The van der Waals surface area contributed by atoms with Crippen molar-refractivity contribution in [3.63, 3.8) is 0 Å². The summed E-state index contributed by atoms with van der Waals surface area (Å²) in [5, 5.41) is 9.66. The average Bonchev–Trinajstić information content (AvgIpc) is 2.14. The Morgan fingerprint density at radius 2 is 2.06 bits per heavy atom. The highest BCUT2D eigenvalue weighted by molar-refractivity contribution is 6.74. The van der Waals surface area contributed by atoms with Gasteiger partial charge in [0.1, 0.15) is 0 Å². The molecule has 98 valence electrons. The lowest BCUT2D eigenvalue weighted by atomic mass is 10.1. The van der Waals surface area contributed by atoms with E-state index in [1.807, 2.05) is 13.0 Å². The van der Waals surface area contributed by atoms with Gasteiger partial charge in [0.2, 0.25) is 0 Å². The molecule has 0 saturated heterocycles. The Morgan fingerprint density at radius 1 is 1.47 bits per heavy atom. The Bertz CT molecular complexity index is 340. The molecule has 0 radical (unpaired) electrons. The van der Waals surface area contributed by atoms with E-state index >= 15 is 0 Å².